The van der Waals surface area contributed by atoms with Crippen molar-refractivity contribution in [3.8, 4) is 0 Å². The molecular weight excluding hydrogens is 516 g/mol. The van der Waals surface area contributed by atoms with Crippen LogP contribution in [0, 0.1) is 0 Å². The number of pyridine rings is 1. The zero-order valence-corrected chi connectivity index (χ0v) is 23.0. The molecule has 2 aliphatic carbocycles. The molecular formula is C26H33F2N3O4SSi. The lowest BCUT2D eigenvalue weighted by molar-refractivity contribution is -0.104. The molecule has 1 aliphatic heterocycles. The number of aromatic nitrogens is 1. The number of hydrogen-bond acceptors (Lipinski definition) is 5. The normalized spacial score (nSPS) is 21.7. The molecule has 1 N–H and O–H groups in total. The van der Waals surface area contributed by atoms with E-state index in [1.54, 1.807) is 12.1 Å². The first-order valence-corrected chi connectivity index (χ1v) is 17.9. The van der Waals surface area contributed by atoms with Gasteiger partial charge in [0.05, 0.1) is 29.5 Å². The van der Waals surface area contributed by atoms with E-state index in [0.717, 1.165) is 31.6 Å². The van der Waals surface area contributed by atoms with Crippen LogP contribution < -0.4 is 15.8 Å². The van der Waals surface area contributed by atoms with Gasteiger partial charge in [-0.2, -0.15) is 0 Å². The van der Waals surface area contributed by atoms with Crippen molar-refractivity contribution in [1.29, 1.82) is 0 Å². The molecule has 0 atom stereocenters. The van der Waals surface area contributed by atoms with Gasteiger partial charge in [0.15, 0.2) is 9.84 Å². The number of nitrogens with zero attached hydrogens (tertiary/aromatic N) is 2. The monoisotopic (exact) mass is 549 g/mol. The zero-order valence-electron chi connectivity index (χ0n) is 21.2. The van der Waals surface area contributed by atoms with Gasteiger partial charge in [0.2, 0.25) is 0 Å². The molecule has 37 heavy (non-hydrogen) atoms. The second-order valence-electron chi connectivity index (χ2n) is 11.4. The summed E-state index contributed by atoms with van der Waals surface area (Å²) in [6.45, 7) is 6.13. The summed E-state index contributed by atoms with van der Waals surface area (Å²) in [7, 11) is -4.81. The van der Waals surface area contributed by atoms with Crippen LogP contribution in [0.5, 0.6) is 0 Å². The number of amides is 1. The third-order valence-corrected chi connectivity index (χ3v) is 13.6. The molecule has 3 aliphatic rings. The van der Waals surface area contributed by atoms with Crippen LogP contribution in [0.3, 0.4) is 0 Å². The lowest BCUT2D eigenvalue weighted by atomic mass is 9.88. The Morgan fingerprint density at radius 3 is 2.38 bits per heavy atom. The van der Waals surface area contributed by atoms with Gasteiger partial charge in [-0.15, -0.1) is 0 Å². The quantitative estimate of drug-likeness (QED) is 0.517. The second-order valence-corrected chi connectivity index (χ2v) is 19.0. The van der Waals surface area contributed by atoms with Gasteiger partial charge < -0.3 is 14.8 Å². The Labute approximate surface area is 216 Å². The number of carbonyl (C=O) groups excluding carboxylic acids is 1. The largest absolute Gasteiger partial charge is 0.371 e. The number of halogens is 2. The van der Waals surface area contributed by atoms with Gasteiger partial charge in [0, 0.05) is 38.2 Å². The van der Waals surface area contributed by atoms with Gasteiger partial charge >= 0.3 is 0 Å². The van der Waals surface area contributed by atoms with Crippen LogP contribution in [-0.4, -0.2) is 51.2 Å². The van der Waals surface area contributed by atoms with Crippen molar-refractivity contribution in [1.82, 2.24) is 4.57 Å². The average Bonchev–Trinajstić information content (AvgIpc) is 2.77. The summed E-state index contributed by atoms with van der Waals surface area (Å²) < 4.78 is 54.3. The van der Waals surface area contributed by atoms with Gasteiger partial charge in [-0.3, -0.25) is 9.59 Å². The summed E-state index contributed by atoms with van der Waals surface area (Å²) in [6.07, 6.45) is 2.85. The van der Waals surface area contributed by atoms with Crippen molar-refractivity contribution in [2.45, 2.75) is 79.4 Å². The average molecular weight is 550 g/mol. The number of rotatable bonds is 6. The summed E-state index contributed by atoms with van der Waals surface area (Å²) in [5, 5.41) is 2.28. The van der Waals surface area contributed by atoms with Crippen molar-refractivity contribution in [3.63, 3.8) is 0 Å². The molecule has 3 fully saturated rings. The Balaban J connectivity index is 1.45. The van der Waals surface area contributed by atoms with E-state index in [4.69, 9.17) is 0 Å². The molecule has 0 unspecified atom stereocenters. The van der Waals surface area contributed by atoms with Crippen LogP contribution in [0.2, 0.25) is 25.2 Å². The summed E-state index contributed by atoms with van der Waals surface area (Å²) in [5.41, 5.74) is 0.316. The van der Waals surface area contributed by atoms with Crippen molar-refractivity contribution in [3.05, 3.63) is 52.4 Å². The maximum absolute atomic E-state index is 13.4. The molecule has 7 nitrogen and oxygen atoms in total. The molecule has 11 heteroatoms. The van der Waals surface area contributed by atoms with Gasteiger partial charge in [0.1, 0.15) is 5.69 Å². The zero-order chi connectivity index (χ0) is 26.6. The first-order valence-electron chi connectivity index (χ1n) is 12.9. The van der Waals surface area contributed by atoms with Crippen LogP contribution in [0.15, 0.2) is 46.2 Å². The van der Waals surface area contributed by atoms with E-state index in [0.29, 0.717) is 24.1 Å². The molecule has 2 aromatic rings. The van der Waals surface area contributed by atoms with E-state index in [2.05, 4.69) is 23.3 Å². The number of anilines is 2. The molecule has 0 spiro atoms. The first-order chi connectivity index (χ1) is 17.4. The predicted molar refractivity (Wildman–Crippen MR) is 142 cm³/mol. The van der Waals surface area contributed by atoms with Crippen molar-refractivity contribution < 1.29 is 22.0 Å². The van der Waals surface area contributed by atoms with Crippen molar-refractivity contribution in [2.75, 3.05) is 23.3 Å². The highest BCUT2D eigenvalue weighted by Crippen LogP contribution is 2.44. The fraction of sp³-hybridized carbons (Fsp3) is 0.538. The maximum Gasteiger partial charge on any atom is 0.274 e. The SMILES string of the molecule is C[Si]1(C)CCN(c2cc(S(=O)(=O)C3CCC3)ccc2C(=O)Nc2cccn(C3CC(F)(F)C3)c2=O)CC1. The van der Waals surface area contributed by atoms with Crippen molar-refractivity contribution >= 4 is 35.2 Å². The molecule has 1 aromatic heterocycles. The molecule has 0 radical (unpaired) electrons. The number of alkyl halides is 2. The predicted octanol–water partition coefficient (Wildman–Crippen LogP) is 4.93. The Morgan fingerprint density at radius 1 is 1.11 bits per heavy atom. The third kappa shape index (κ3) is 5.12. The van der Waals surface area contributed by atoms with E-state index in [-0.39, 0.29) is 15.8 Å². The van der Waals surface area contributed by atoms with E-state index in [9.17, 15) is 26.8 Å². The van der Waals surface area contributed by atoms with Gasteiger partial charge in [-0.25, -0.2) is 17.2 Å². The minimum Gasteiger partial charge on any atom is -0.371 e. The number of carbonyl (C=O) groups is 1. The second kappa shape index (κ2) is 9.34. The molecule has 0 bridgehead atoms. The Kier molecular flexibility index (Phi) is 6.58. The molecule has 2 saturated carbocycles. The topological polar surface area (TPSA) is 88.5 Å². The Morgan fingerprint density at radius 2 is 1.78 bits per heavy atom. The molecule has 1 amide bonds. The summed E-state index contributed by atoms with van der Waals surface area (Å²) in [4.78, 5) is 28.7. The number of benzene rings is 1. The smallest absolute Gasteiger partial charge is 0.274 e. The van der Waals surface area contributed by atoms with Crippen LogP contribution >= 0.6 is 0 Å². The lowest BCUT2D eigenvalue weighted by Gasteiger charge is -2.38. The van der Waals surface area contributed by atoms with Gasteiger partial charge in [0.25, 0.3) is 17.4 Å². The first kappa shape index (κ1) is 26.1. The fourth-order valence-electron chi connectivity index (χ4n) is 5.28. The highest BCUT2D eigenvalue weighted by Gasteiger charge is 2.46. The highest BCUT2D eigenvalue weighted by molar-refractivity contribution is 7.92. The standard InChI is InChI=1S/C26H33F2N3O4SSi/c1-37(2)13-11-30(12-14-37)23-15-20(36(34,35)19-5-3-6-19)8-9-21(23)24(32)29-22-7-4-10-31(25(22)33)18-16-26(27,28)17-18/h4,7-10,15,18-19H,3,5-6,11-14,16-17H2,1-2H3,(H,29,32). The van der Waals surface area contributed by atoms with Gasteiger partial charge in [-0.1, -0.05) is 19.5 Å². The Hall–Kier alpha value is -2.53. The molecule has 1 saturated heterocycles. The van der Waals surface area contributed by atoms with Crippen LogP contribution in [0.4, 0.5) is 20.2 Å². The number of nitrogens with one attached hydrogen (secondary N) is 1. The summed E-state index contributed by atoms with van der Waals surface area (Å²) >= 11 is 0. The molecule has 200 valence electrons. The minimum atomic E-state index is -3.48. The van der Waals surface area contributed by atoms with Crippen LogP contribution in [0.25, 0.3) is 0 Å². The fourth-order valence-corrected chi connectivity index (χ4v) is 9.15. The minimum absolute atomic E-state index is 0.00650. The molecule has 2 heterocycles. The lowest BCUT2D eigenvalue weighted by Crippen LogP contribution is -2.43. The third-order valence-electron chi connectivity index (χ3n) is 8.18. The highest BCUT2D eigenvalue weighted by atomic mass is 32.2. The van der Waals surface area contributed by atoms with Gasteiger partial charge in [-0.05, 0) is 55.3 Å². The molecule has 5 rings (SSSR count). The number of sulfone groups is 1. The maximum atomic E-state index is 13.4. The van der Waals surface area contributed by atoms with E-state index in [1.165, 1.54) is 29.0 Å². The Bertz CT molecular complexity index is 1370. The van der Waals surface area contributed by atoms with E-state index < -0.39 is 54.2 Å². The number of hydrogen-bond donors (Lipinski definition) is 1. The summed E-state index contributed by atoms with van der Waals surface area (Å²) in [6, 6.07) is 9.09. The van der Waals surface area contributed by atoms with Crippen LogP contribution in [-0.2, 0) is 9.84 Å². The van der Waals surface area contributed by atoms with E-state index in [1.807, 2.05) is 0 Å². The van der Waals surface area contributed by atoms with E-state index >= 15 is 0 Å². The van der Waals surface area contributed by atoms with Crippen molar-refractivity contribution in [2.24, 2.45) is 0 Å². The summed E-state index contributed by atoms with van der Waals surface area (Å²) in [5.74, 6) is -3.30. The van der Waals surface area contributed by atoms with Crippen LogP contribution in [0.1, 0.15) is 48.5 Å². The molecule has 1 aromatic carbocycles.